The van der Waals surface area contributed by atoms with Crippen molar-refractivity contribution in [1.29, 1.82) is 0 Å². The van der Waals surface area contributed by atoms with Gasteiger partial charge in [0.05, 0.1) is 17.5 Å². The second-order valence-corrected chi connectivity index (χ2v) is 11.0. The Morgan fingerprint density at radius 3 is 2.59 bits per heavy atom. The quantitative estimate of drug-likeness (QED) is 0.120. The van der Waals surface area contributed by atoms with Crippen molar-refractivity contribution in [3.63, 3.8) is 0 Å². The monoisotopic (exact) mass is 572 g/mol. The summed E-state index contributed by atoms with van der Waals surface area (Å²) in [5.74, 6) is 1.02. The lowest BCUT2D eigenvalue weighted by Crippen LogP contribution is -2.49. The Bertz CT molecular complexity index is 1600. The maximum absolute atomic E-state index is 13.1. The summed E-state index contributed by atoms with van der Waals surface area (Å²) in [5, 5.41) is 50.0. The van der Waals surface area contributed by atoms with Crippen molar-refractivity contribution in [1.82, 2.24) is 9.55 Å². The fourth-order valence-corrected chi connectivity index (χ4v) is 5.33. The molecule has 4 heterocycles. The first-order chi connectivity index (χ1) is 19.5. The Hall–Kier alpha value is -3.23. The normalized spacial score (nSPS) is 19.6. The molecule has 12 heteroatoms. The first-order valence-electron chi connectivity index (χ1n) is 13.5. The van der Waals surface area contributed by atoms with E-state index in [-0.39, 0.29) is 11.8 Å². The van der Waals surface area contributed by atoms with E-state index in [0.717, 1.165) is 16.6 Å². The highest BCUT2D eigenvalue weighted by Crippen LogP contribution is 2.44. The van der Waals surface area contributed by atoms with Crippen molar-refractivity contribution in [3.8, 4) is 11.4 Å². The Kier molecular flexibility index (Phi) is 8.01. The van der Waals surface area contributed by atoms with E-state index in [9.17, 15) is 25.2 Å². The fourth-order valence-electron chi connectivity index (χ4n) is 5.33. The van der Waals surface area contributed by atoms with Crippen LogP contribution >= 0.6 is 0 Å². The van der Waals surface area contributed by atoms with Crippen molar-refractivity contribution >= 4 is 21.9 Å². The minimum atomic E-state index is -1.78. The molecule has 0 fully saturated rings. The number of aryl methyl sites for hydroxylation is 2. The highest BCUT2D eigenvalue weighted by molar-refractivity contribution is 5.92. The molecular formula is C29H36N2O10. The number of fused-ring (bicyclic) bond motifs is 3. The number of nitrogens with zero attached hydrogens (tertiary/aromatic N) is 1. The largest absolute Gasteiger partial charge is 0.482 e. The van der Waals surface area contributed by atoms with Crippen LogP contribution < -0.4 is 10.2 Å². The molecule has 6 N–H and O–H groups in total. The topological polar surface area (TPSA) is 180 Å². The molecule has 1 aliphatic heterocycles. The van der Waals surface area contributed by atoms with Gasteiger partial charge in [-0.05, 0) is 39.3 Å². The Labute approximate surface area is 235 Å². The smallest absolute Gasteiger partial charge is 0.193 e. The number of benzene rings is 1. The highest BCUT2D eigenvalue weighted by atomic mass is 17.2. The zero-order valence-corrected chi connectivity index (χ0v) is 23.3. The van der Waals surface area contributed by atoms with E-state index >= 15 is 0 Å². The summed E-state index contributed by atoms with van der Waals surface area (Å²) in [7, 11) is 0. The maximum atomic E-state index is 13.1. The summed E-state index contributed by atoms with van der Waals surface area (Å²) in [5.41, 5.74) is 2.53. The van der Waals surface area contributed by atoms with Gasteiger partial charge in [0.15, 0.2) is 16.8 Å². The Morgan fingerprint density at radius 1 is 1.15 bits per heavy atom. The minimum Gasteiger partial charge on any atom is -0.482 e. The molecule has 1 aliphatic rings. The summed E-state index contributed by atoms with van der Waals surface area (Å²) in [4.78, 5) is 27.2. The summed E-state index contributed by atoms with van der Waals surface area (Å²) < 4.78 is 14.7. The molecule has 5 atom stereocenters. The number of ether oxygens (including phenoxy) is 1. The molecule has 0 bridgehead atoms. The lowest BCUT2D eigenvalue weighted by Gasteiger charge is -2.39. The van der Waals surface area contributed by atoms with E-state index in [0.29, 0.717) is 40.2 Å². The van der Waals surface area contributed by atoms with Crippen LogP contribution in [-0.4, -0.2) is 84.4 Å². The SMILES string of the molecule is CCc1c2cc[nH]c2cn1-c1c2c(cc3c(=O)cc(C)oc13)CC(OOCC(O)C(O)C(O)C(O)CO)C(C)(C)O2. The van der Waals surface area contributed by atoms with E-state index in [4.69, 9.17) is 24.0 Å². The van der Waals surface area contributed by atoms with Crippen molar-refractivity contribution in [2.45, 2.75) is 76.7 Å². The molecule has 0 saturated carbocycles. The third kappa shape index (κ3) is 5.28. The van der Waals surface area contributed by atoms with Crippen molar-refractivity contribution in [3.05, 3.63) is 57.8 Å². The van der Waals surface area contributed by atoms with Crippen molar-refractivity contribution in [2.24, 2.45) is 0 Å². The highest BCUT2D eigenvalue weighted by Gasteiger charge is 2.42. The fraction of sp³-hybridized carbons (Fsp3) is 0.483. The first-order valence-corrected chi connectivity index (χ1v) is 13.5. The van der Waals surface area contributed by atoms with Crippen LogP contribution in [0, 0.1) is 6.92 Å². The average molecular weight is 573 g/mol. The lowest BCUT2D eigenvalue weighted by molar-refractivity contribution is -0.358. The number of rotatable bonds is 10. The molecule has 0 spiro atoms. The van der Waals surface area contributed by atoms with Crippen LogP contribution in [0.15, 0.2) is 39.8 Å². The Balaban J connectivity index is 1.50. The van der Waals surface area contributed by atoms with Gasteiger partial charge >= 0.3 is 0 Å². The van der Waals surface area contributed by atoms with Crippen molar-refractivity contribution in [2.75, 3.05) is 13.2 Å². The standard InChI is InChI=1S/C29H36N2O10/c1-5-19-16-6-7-30-18(16)11-31(19)24-27-15(9-17-20(33)8-14(2)39-28(17)24)10-23(29(3,4)40-27)41-38-13-22(35)26(37)25(36)21(34)12-32/h6-9,11,21-23,25-26,30,32,34-37H,5,10,12-13H2,1-4H3. The van der Waals surface area contributed by atoms with E-state index in [2.05, 4.69) is 11.9 Å². The van der Waals surface area contributed by atoms with Crippen LogP contribution in [0.3, 0.4) is 0 Å². The predicted molar refractivity (Wildman–Crippen MR) is 148 cm³/mol. The molecule has 41 heavy (non-hydrogen) atoms. The number of aromatic amines is 1. The van der Waals surface area contributed by atoms with Gasteiger partial charge in [-0.3, -0.25) is 4.79 Å². The average Bonchev–Trinajstić information content (AvgIpc) is 3.52. The van der Waals surface area contributed by atoms with Crippen LogP contribution in [-0.2, 0) is 22.6 Å². The van der Waals surface area contributed by atoms with Crippen LogP contribution in [0.4, 0.5) is 0 Å². The summed E-state index contributed by atoms with van der Waals surface area (Å²) in [6.07, 6.45) is -2.67. The molecule has 0 aliphatic carbocycles. The molecule has 222 valence electrons. The molecule has 3 aromatic heterocycles. The molecule has 1 aromatic carbocycles. The van der Waals surface area contributed by atoms with Gasteiger partial charge in [0, 0.05) is 41.5 Å². The molecule has 0 saturated heterocycles. The zero-order valence-electron chi connectivity index (χ0n) is 23.3. The molecule has 4 aromatic rings. The second-order valence-electron chi connectivity index (χ2n) is 11.0. The van der Waals surface area contributed by atoms with E-state index < -0.39 is 49.3 Å². The summed E-state index contributed by atoms with van der Waals surface area (Å²) in [6.45, 7) is 6.10. The van der Waals surface area contributed by atoms with Crippen LogP contribution in [0.2, 0.25) is 0 Å². The molecule has 0 amide bonds. The Morgan fingerprint density at radius 2 is 1.88 bits per heavy atom. The molecule has 5 rings (SSSR count). The summed E-state index contributed by atoms with van der Waals surface area (Å²) in [6, 6.07) is 5.18. The van der Waals surface area contributed by atoms with Gasteiger partial charge in [0.1, 0.15) is 54.2 Å². The summed E-state index contributed by atoms with van der Waals surface area (Å²) >= 11 is 0. The first kappa shape index (κ1) is 29.3. The van der Waals surface area contributed by atoms with E-state index in [1.165, 1.54) is 6.07 Å². The van der Waals surface area contributed by atoms with E-state index in [1.54, 1.807) is 13.0 Å². The third-order valence-electron chi connectivity index (χ3n) is 7.66. The number of nitrogens with one attached hydrogen (secondary N) is 1. The van der Waals surface area contributed by atoms with Gasteiger partial charge in [0.2, 0.25) is 0 Å². The van der Waals surface area contributed by atoms with Gasteiger partial charge in [-0.25, -0.2) is 9.78 Å². The van der Waals surface area contributed by atoms with Crippen LogP contribution in [0.1, 0.15) is 37.8 Å². The number of hydrogen-bond acceptors (Lipinski definition) is 10. The van der Waals surface area contributed by atoms with E-state index in [1.807, 2.05) is 36.9 Å². The maximum Gasteiger partial charge on any atom is 0.193 e. The number of H-pyrrole nitrogens is 1. The van der Waals surface area contributed by atoms with Crippen LogP contribution in [0.25, 0.3) is 27.6 Å². The van der Waals surface area contributed by atoms with Gasteiger partial charge < -0.3 is 44.2 Å². The van der Waals surface area contributed by atoms with Crippen LogP contribution in [0.5, 0.6) is 5.75 Å². The lowest BCUT2D eigenvalue weighted by atomic mass is 9.89. The molecule has 0 radical (unpaired) electrons. The van der Waals surface area contributed by atoms with Gasteiger partial charge in [-0.1, -0.05) is 6.92 Å². The number of hydrogen-bond donors (Lipinski definition) is 6. The molecule has 5 unspecified atom stereocenters. The minimum absolute atomic E-state index is 0.192. The van der Waals surface area contributed by atoms with Gasteiger partial charge in [-0.2, -0.15) is 0 Å². The molecular weight excluding hydrogens is 536 g/mol. The number of aromatic nitrogens is 2. The second kappa shape index (κ2) is 11.2. The third-order valence-corrected chi connectivity index (χ3v) is 7.66. The zero-order chi connectivity index (χ0) is 29.6. The number of aliphatic hydroxyl groups is 5. The molecule has 12 nitrogen and oxygen atoms in total. The number of aliphatic hydroxyl groups excluding tert-OH is 5. The predicted octanol–water partition coefficient (Wildman–Crippen LogP) is 1.40. The van der Waals surface area contributed by atoms with Gasteiger partial charge in [0.25, 0.3) is 0 Å². The van der Waals surface area contributed by atoms with Crippen molar-refractivity contribution < 1.29 is 44.5 Å². The van der Waals surface area contributed by atoms with Gasteiger partial charge in [-0.15, -0.1) is 0 Å².